The summed E-state index contributed by atoms with van der Waals surface area (Å²) in [5, 5.41) is 3.71. The van der Waals surface area contributed by atoms with Gasteiger partial charge in [0.05, 0.1) is 7.11 Å². The van der Waals surface area contributed by atoms with E-state index in [1.807, 2.05) is 24.3 Å². The van der Waals surface area contributed by atoms with Gasteiger partial charge in [0, 0.05) is 41.8 Å². The summed E-state index contributed by atoms with van der Waals surface area (Å²) in [5.74, 6) is 0.619. The van der Waals surface area contributed by atoms with Gasteiger partial charge in [-0.1, -0.05) is 6.07 Å². The van der Waals surface area contributed by atoms with E-state index >= 15 is 0 Å². The number of aryl methyl sites for hydroxylation is 1. The largest absolute Gasteiger partial charge is 0.497 e. The maximum absolute atomic E-state index is 12.2. The molecule has 0 unspecified atom stereocenters. The zero-order chi connectivity index (χ0) is 17.6. The number of aromatic amines is 1. The van der Waals surface area contributed by atoms with E-state index in [0.717, 1.165) is 22.2 Å². The first-order valence-electron chi connectivity index (χ1n) is 8.01. The molecule has 1 amide bonds. The highest BCUT2D eigenvalue weighted by Gasteiger charge is 2.07. The lowest BCUT2D eigenvalue weighted by atomic mass is 10.1. The van der Waals surface area contributed by atoms with Crippen LogP contribution in [-0.4, -0.2) is 23.0 Å². The minimum atomic E-state index is -0.169. The summed E-state index contributed by atoms with van der Waals surface area (Å²) >= 11 is 0. The molecule has 0 atom stereocenters. The lowest BCUT2D eigenvalue weighted by Gasteiger charge is -2.07. The van der Waals surface area contributed by atoms with Crippen molar-refractivity contribution in [1.82, 2.24) is 15.3 Å². The highest BCUT2D eigenvalue weighted by atomic mass is 16.5. The molecule has 0 aliphatic rings. The first kappa shape index (κ1) is 16.7. The SMILES string of the molecule is COc1ccc2[nH]c(=O)c(CCC(=O)NCc3cccnc3)cc2c1. The molecule has 0 aliphatic carbocycles. The van der Waals surface area contributed by atoms with E-state index in [0.29, 0.717) is 18.5 Å². The molecule has 0 radical (unpaired) electrons. The van der Waals surface area contributed by atoms with Crippen LogP contribution < -0.4 is 15.6 Å². The van der Waals surface area contributed by atoms with Gasteiger partial charge >= 0.3 is 0 Å². The third-order valence-electron chi connectivity index (χ3n) is 3.96. The molecule has 0 saturated carbocycles. The molecule has 0 bridgehead atoms. The number of rotatable bonds is 6. The number of nitrogens with zero attached hydrogens (tertiary/aromatic N) is 1. The van der Waals surface area contributed by atoms with Crippen LogP contribution in [0.5, 0.6) is 5.75 Å². The van der Waals surface area contributed by atoms with Crippen molar-refractivity contribution < 1.29 is 9.53 Å². The molecule has 25 heavy (non-hydrogen) atoms. The summed E-state index contributed by atoms with van der Waals surface area (Å²) < 4.78 is 5.20. The van der Waals surface area contributed by atoms with Crippen molar-refractivity contribution in [2.45, 2.75) is 19.4 Å². The van der Waals surface area contributed by atoms with Gasteiger partial charge in [-0.05, 0) is 42.3 Å². The molecule has 0 fully saturated rings. The van der Waals surface area contributed by atoms with Gasteiger partial charge in [0.2, 0.25) is 5.91 Å². The van der Waals surface area contributed by atoms with Crippen molar-refractivity contribution in [3.8, 4) is 5.75 Å². The predicted octanol–water partition coefficient (Wildman–Crippen LogP) is 2.18. The van der Waals surface area contributed by atoms with Gasteiger partial charge in [-0.3, -0.25) is 14.6 Å². The standard InChI is InChI=1S/C19H19N3O3/c1-25-16-5-6-17-15(10-16)9-14(19(24)22-17)4-7-18(23)21-12-13-3-2-8-20-11-13/h2-3,5-6,8-11H,4,7,12H2,1H3,(H,21,23)(H,22,24). The molecular formula is C19H19N3O3. The van der Waals surface area contributed by atoms with Crippen molar-refractivity contribution in [2.75, 3.05) is 7.11 Å². The second-order valence-electron chi connectivity index (χ2n) is 5.71. The van der Waals surface area contributed by atoms with E-state index in [1.54, 1.807) is 31.6 Å². The third-order valence-corrected chi connectivity index (χ3v) is 3.96. The summed E-state index contributed by atoms with van der Waals surface area (Å²) in [4.78, 5) is 31.0. The quantitative estimate of drug-likeness (QED) is 0.722. The van der Waals surface area contributed by atoms with Crippen molar-refractivity contribution >= 4 is 16.8 Å². The molecule has 128 valence electrons. The van der Waals surface area contributed by atoms with Crippen LogP contribution in [0.15, 0.2) is 53.6 Å². The number of pyridine rings is 2. The Labute approximate surface area is 144 Å². The maximum atomic E-state index is 12.2. The number of carbonyl (C=O) groups excluding carboxylic acids is 1. The molecule has 0 aliphatic heterocycles. The third kappa shape index (κ3) is 4.23. The molecule has 0 spiro atoms. The number of benzene rings is 1. The number of H-pyrrole nitrogens is 1. The van der Waals surface area contributed by atoms with Crippen molar-refractivity contribution in [3.63, 3.8) is 0 Å². The number of ether oxygens (including phenoxy) is 1. The number of nitrogens with one attached hydrogen (secondary N) is 2. The normalized spacial score (nSPS) is 10.6. The van der Waals surface area contributed by atoms with Gasteiger partial charge in [-0.15, -0.1) is 0 Å². The number of carbonyl (C=O) groups is 1. The fourth-order valence-corrected chi connectivity index (χ4v) is 2.58. The Hall–Kier alpha value is -3.15. The van der Waals surface area contributed by atoms with E-state index in [9.17, 15) is 9.59 Å². The first-order chi connectivity index (χ1) is 12.2. The Morgan fingerprint density at radius 1 is 1.28 bits per heavy atom. The first-order valence-corrected chi connectivity index (χ1v) is 8.01. The lowest BCUT2D eigenvalue weighted by Crippen LogP contribution is -2.24. The Morgan fingerprint density at radius 2 is 2.16 bits per heavy atom. The summed E-state index contributed by atoms with van der Waals surface area (Å²) in [6.07, 6.45) is 4.02. The molecule has 2 aromatic heterocycles. The fourth-order valence-electron chi connectivity index (χ4n) is 2.58. The lowest BCUT2D eigenvalue weighted by molar-refractivity contribution is -0.121. The van der Waals surface area contributed by atoms with E-state index in [4.69, 9.17) is 4.74 Å². The average Bonchev–Trinajstić information content (AvgIpc) is 2.65. The van der Waals surface area contributed by atoms with Gasteiger partial charge in [-0.2, -0.15) is 0 Å². The van der Waals surface area contributed by atoms with Gasteiger partial charge in [-0.25, -0.2) is 0 Å². The zero-order valence-electron chi connectivity index (χ0n) is 13.9. The zero-order valence-corrected chi connectivity index (χ0v) is 13.9. The molecule has 3 aromatic rings. The molecule has 6 heteroatoms. The summed E-state index contributed by atoms with van der Waals surface area (Å²) in [6.45, 7) is 0.429. The molecular weight excluding hydrogens is 318 g/mol. The highest BCUT2D eigenvalue weighted by molar-refractivity contribution is 5.81. The Bertz CT molecular complexity index is 936. The molecule has 0 saturated heterocycles. The number of amides is 1. The number of hydrogen-bond acceptors (Lipinski definition) is 4. The number of methoxy groups -OCH3 is 1. The molecule has 3 rings (SSSR count). The van der Waals surface area contributed by atoms with Gasteiger partial charge in [0.25, 0.3) is 5.56 Å². The van der Waals surface area contributed by atoms with E-state index < -0.39 is 0 Å². The van der Waals surface area contributed by atoms with E-state index in [-0.39, 0.29) is 17.9 Å². The number of fused-ring (bicyclic) bond motifs is 1. The number of hydrogen-bond donors (Lipinski definition) is 2. The van der Waals surface area contributed by atoms with Crippen LogP contribution in [0.2, 0.25) is 0 Å². The summed E-state index contributed by atoms with van der Waals surface area (Å²) in [6, 6.07) is 11.0. The van der Waals surface area contributed by atoms with E-state index in [1.165, 1.54) is 0 Å². The van der Waals surface area contributed by atoms with Crippen molar-refractivity contribution in [1.29, 1.82) is 0 Å². The van der Waals surface area contributed by atoms with Crippen LogP contribution in [0.1, 0.15) is 17.5 Å². The maximum Gasteiger partial charge on any atom is 0.251 e. The van der Waals surface area contributed by atoms with Crippen LogP contribution in [-0.2, 0) is 17.8 Å². The van der Waals surface area contributed by atoms with Gasteiger partial charge in [0.15, 0.2) is 0 Å². The predicted molar refractivity (Wildman–Crippen MR) is 95.5 cm³/mol. The minimum absolute atomic E-state index is 0.103. The van der Waals surface area contributed by atoms with Crippen LogP contribution in [0.4, 0.5) is 0 Å². The summed E-state index contributed by atoms with van der Waals surface area (Å²) in [7, 11) is 1.60. The Kier molecular flexibility index (Phi) is 5.09. The van der Waals surface area contributed by atoms with Crippen molar-refractivity contribution in [2.24, 2.45) is 0 Å². The topological polar surface area (TPSA) is 84.1 Å². The van der Waals surface area contributed by atoms with Gasteiger partial charge < -0.3 is 15.0 Å². The van der Waals surface area contributed by atoms with Crippen LogP contribution in [0.25, 0.3) is 10.9 Å². The Morgan fingerprint density at radius 3 is 2.92 bits per heavy atom. The molecule has 6 nitrogen and oxygen atoms in total. The highest BCUT2D eigenvalue weighted by Crippen LogP contribution is 2.19. The fraction of sp³-hybridized carbons (Fsp3) is 0.211. The molecule has 2 N–H and O–H groups in total. The Balaban J connectivity index is 1.64. The van der Waals surface area contributed by atoms with Crippen molar-refractivity contribution in [3.05, 3.63) is 70.3 Å². The van der Waals surface area contributed by atoms with Crippen LogP contribution >= 0.6 is 0 Å². The second-order valence-corrected chi connectivity index (χ2v) is 5.71. The molecule has 2 heterocycles. The smallest absolute Gasteiger partial charge is 0.251 e. The van der Waals surface area contributed by atoms with Crippen LogP contribution in [0, 0.1) is 0 Å². The molecule has 1 aromatic carbocycles. The van der Waals surface area contributed by atoms with Crippen LogP contribution in [0.3, 0.4) is 0 Å². The monoisotopic (exact) mass is 337 g/mol. The number of aromatic nitrogens is 2. The van der Waals surface area contributed by atoms with Gasteiger partial charge in [0.1, 0.15) is 5.75 Å². The van der Waals surface area contributed by atoms with E-state index in [2.05, 4.69) is 15.3 Å². The summed E-state index contributed by atoms with van der Waals surface area (Å²) in [5.41, 5.74) is 2.09. The minimum Gasteiger partial charge on any atom is -0.497 e. The second kappa shape index (κ2) is 7.61. The average molecular weight is 337 g/mol.